The molecule has 0 N–H and O–H groups in total. The van der Waals surface area contributed by atoms with Crippen LogP contribution in [0, 0.1) is 11.3 Å². The topological polar surface area (TPSA) is 86.3 Å². The lowest BCUT2D eigenvalue weighted by Gasteiger charge is -2.19. The molecule has 2 aromatic carbocycles. The molecule has 0 aliphatic carbocycles. The van der Waals surface area contributed by atoms with Crippen LogP contribution < -0.4 is 9.80 Å². The average molecular weight is 417 g/mol. The Labute approximate surface area is 178 Å². The van der Waals surface area contributed by atoms with E-state index in [1.54, 1.807) is 0 Å². The molecule has 8 heteroatoms. The molecule has 30 heavy (non-hydrogen) atoms. The fourth-order valence-electron chi connectivity index (χ4n) is 3.39. The van der Waals surface area contributed by atoms with Gasteiger partial charge >= 0.3 is 0 Å². The van der Waals surface area contributed by atoms with Crippen molar-refractivity contribution < 1.29 is 9.21 Å². The summed E-state index contributed by atoms with van der Waals surface area (Å²) in [5.74, 6) is 0.810. The van der Waals surface area contributed by atoms with Gasteiger partial charge < -0.3 is 14.2 Å². The van der Waals surface area contributed by atoms with Crippen LogP contribution in [0.2, 0.25) is 0 Å². The highest BCUT2D eigenvalue weighted by atomic mass is 32.2. The number of benzene rings is 2. The van der Waals surface area contributed by atoms with Crippen molar-refractivity contribution in [1.82, 2.24) is 10.2 Å². The van der Waals surface area contributed by atoms with E-state index in [2.05, 4.69) is 16.3 Å². The number of hydrogen-bond donors (Lipinski definition) is 0. The Bertz CT molecular complexity index is 1120. The Morgan fingerprint density at radius 1 is 1.03 bits per heavy atom. The fourth-order valence-corrected chi connectivity index (χ4v) is 4.05. The minimum Gasteiger partial charge on any atom is -0.416 e. The molecular weight excluding hydrogens is 398 g/mol. The first-order valence-electron chi connectivity index (χ1n) is 9.31. The third kappa shape index (κ3) is 3.80. The molecule has 2 heterocycles. The van der Waals surface area contributed by atoms with Crippen LogP contribution in [-0.2, 0) is 11.2 Å². The summed E-state index contributed by atoms with van der Waals surface area (Å²) in [6.45, 7) is 0. The number of aromatic nitrogens is 2. The molecule has 4 rings (SSSR count). The SMILES string of the molecule is CN1C(=C(C#N)C(=O)CSc2nnc(Cc3ccccc3)o2)N(C)c2ccccc21. The standard InChI is InChI=1S/C22H19N5O2S/c1-26-17-10-6-7-11-18(17)27(2)21(26)16(13-23)19(28)14-30-22-25-24-20(29-22)12-15-8-4-3-5-9-15/h3-11H,12,14H2,1-2H3. The number of ketones is 1. The molecule has 0 atom stereocenters. The first kappa shape index (κ1) is 19.7. The van der Waals surface area contributed by atoms with Crippen molar-refractivity contribution in [2.24, 2.45) is 0 Å². The summed E-state index contributed by atoms with van der Waals surface area (Å²) in [5, 5.41) is 18.1. The van der Waals surface area contributed by atoms with Gasteiger partial charge in [0.05, 0.1) is 23.5 Å². The van der Waals surface area contributed by atoms with Gasteiger partial charge in [-0.2, -0.15) is 5.26 Å². The summed E-state index contributed by atoms with van der Waals surface area (Å²) in [4.78, 5) is 16.6. The molecule has 1 aliphatic rings. The van der Waals surface area contributed by atoms with Gasteiger partial charge in [-0.15, -0.1) is 10.2 Å². The summed E-state index contributed by atoms with van der Waals surface area (Å²) in [7, 11) is 3.70. The molecule has 0 spiro atoms. The van der Waals surface area contributed by atoms with Crippen LogP contribution in [0.3, 0.4) is 0 Å². The fraction of sp³-hybridized carbons (Fsp3) is 0.182. The minimum absolute atomic E-state index is 0.0391. The average Bonchev–Trinajstić information content (AvgIpc) is 3.32. The summed E-state index contributed by atoms with van der Waals surface area (Å²) in [6.07, 6.45) is 0.531. The molecule has 0 saturated heterocycles. The Morgan fingerprint density at radius 3 is 2.30 bits per heavy atom. The maximum absolute atomic E-state index is 12.8. The molecule has 1 aliphatic heterocycles. The Balaban J connectivity index is 1.46. The smallest absolute Gasteiger partial charge is 0.277 e. The van der Waals surface area contributed by atoms with Crippen molar-refractivity contribution in [1.29, 1.82) is 5.26 Å². The molecule has 1 aromatic heterocycles. The van der Waals surface area contributed by atoms with Crippen LogP contribution in [0.5, 0.6) is 0 Å². The number of carbonyl (C=O) groups excluding carboxylic acids is 1. The lowest BCUT2D eigenvalue weighted by atomic mass is 10.2. The van der Waals surface area contributed by atoms with E-state index >= 15 is 0 Å². The zero-order chi connectivity index (χ0) is 21.1. The number of Topliss-reactive ketones (excluding diaryl/α,β-unsaturated/α-hetero) is 1. The van der Waals surface area contributed by atoms with Gasteiger partial charge in [0.1, 0.15) is 17.5 Å². The quantitative estimate of drug-likeness (QED) is 0.341. The van der Waals surface area contributed by atoms with Crippen LogP contribution in [0.15, 0.2) is 75.6 Å². The van der Waals surface area contributed by atoms with Crippen molar-refractivity contribution in [3.63, 3.8) is 0 Å². The highest BCUT2D eigenvalue weighted by molar-refractivity contribution is 7.99. The number of fused-ring (bicyclic) bond motifs is 1. The lowest BCUT2D eigenvalue weighted by Crippen LogP contribution is -2.26. The van der Waals surface area contributed by atoms with Crippen LogP contribution >= 0.6 is 11.8 Å². The zero-order valence-electron chi connectivity index (χ0n) is 16.6. The summed E-state index contributed by atoms with van der Waals surface area (Å²) in [5.41, 5.74) is 3.07. The van der Waals surface area contributed by atoms with E-state index in [1.807, 2.05) is 78.5 Å². The number of anilines is 2. The highest BCUT2D eigenvalue weighted by Gasteiger charge is 2.31. The Kier molecular flexibility index (Phi) is 5.55. The number of thioether (sulfide) groups is 1. The van der Waals surface area contributed by atoms with Gasteiger partial charge in [-0.05, 0) is 17.7 Å². The molecule has 3 aromatic rings. The third-order valence-electron chi connectivity index (χ3n) is 4.83. The molecule has 0 saturated carbocycles. The van der Waals surface area contributed by atoms with E-state index < -0.39 is 0 Å². The number of carbonyl (C=O) groups is 1. The molecule has 0 radical (unpaired) electrons. The molecule has 7 nitrogen and oxygen atoms in total. The van der Waals surface area contributed by atoms with E-state index in [0.717, 1.165) is 28.7 Å². The number of rotatable bonds is 6. The number of hydrogen-bond acceptors (Lipinski definition) is 8. The minimum atomic E-state index is -0.285. The summed E-state index contributed by atoms with van der Waals surface area (Å²) in [6, 6.07) is 19.7. The van der Waals surface area contributed by atoms with Crippen LogP contribution in [-0.4, -0.2) is 35.8 Å². The van der Waals surface area contributed by atoms with Gasteiger partial charge in [0, 0.05) is 14.1 Å². The monoisotopic (exact) mass is 417 g/mol. The molecule has 0 fully saturated rings. The normalized spacial score (nSPS) is 12.6. The van der Waals surface area contributed by atoms with Crippen molar-refractivity contribution in [3.05, 3.63) is 77.4 Å². The van der Waals surface area contributed by atoms with Gasteiger partial charge in [0.15, 0.2) is 5.78 Å². The van der Waals surface area contributed by atoms with Crippen molar-refractivity contribution in [2.45, 2.75) is 11.6 Å². The summed E-state index contributed by atoms with van der Waals surface area (Å²) >= 11 is 1.14. The maximum Gasteiger partial charge on any atom is 0.277 e. The van der Waals surface area contributed by atoms with Crippen molar-refractivity contribution >= 4 is 28.9 Å². The molecule has 0 amide bonds. The van der Waals surface area contributed by atoms with E-state index in [0.29, 0.717) is 23.4 Å². The van der Waals surface area contributed by atoms with Crippen LogP contribution in [0.1, 0.15) is 11.5 Å². The Hall–Kier alpha value is -3.57. The van der Waals surface area contributed by atoms with Crippen LogP contribution in [0.25, 0.3) is 0 Å². The van der Waals surface area contributed by atoms with E-state index in [-0.39, 0.29) is 17.1 Å². The van der Waals surface area contributed by atoms with Gasteiger partial charge in [-0.25, -0.2) is 0 Å². The largest absolute Gasteiger partial charge is 0.416 e. The van der Waals surface area contributed by atoms with E-state index in [1.165, 1.54) is 0 Å². The predicted molar refractivity (Wildman–Crippen MR) is 115 cm³/mol. The first-order chi connectivity index (χ1) is 14.6. The van der Waals surface area contributed by atoms with Gasteiger partial charge in [-0.1, -0.05) is 54.2 Å². The molecule has 150 valence electrons. The second-order valence-electron chi connectivity index (χ2n) is 6.75. The van der Waals surface area contributed by atoms with E-state index in [4.69, 9.17) is 4.42 Å². The van der Waals surface area contributed by atoms with Crippen molar-refractivity contribution in [3.8, 4) is 6.07 Å². The third-order valence-corrected chi connectivity index (χ3v) is 5.65. The number of allylic oxidation sites excluding steroid dienone is 1. The van der Waals surface area contributed by atoms with Gasteiger partial charge in [-0.3, -0.25) is 4.79 Å². The second kappa shape index (κ2) is 8.43. The van der Waals surface area contributed by atoms with Crippen LogP contribution in [0.4, 0.5) is 11.4 Å². The van der Waals surface area contributed by atoms with Gasteiger partial charge in [0.25, 0.3) is 5.22 Å². The van der Waals surface area contributed by atoms with E-state index in [9.17, 15) is 10.1 Å². The summed E-state index contributed by atoms with van der Waals surface area (Å²) < 4.78 is 5.64. The lowest BCUT2D eigenvalue weighted by molar-refractivity contribution is -0.112. The maximum atomic E-state index is 12.8. The number of para-hydroxylation sites is 2. The molecular formula is C22H19N5O2S. The number of nitrogens with zero attached hydrogens (tertiary/aromatic N) is 5. The van der Waals surface area contributed by atoms with Crippen molar-refractivity contribution in [2.75, 3.05) is 29.6 Å². The predicted octanol–water partition coefficient (Wildman–Crippen LogP) is 3.64. The second-order valence-corrected chi connectivity index (χ2v) is 7.68. The Morgan fingerprint density at radius 2 is 1.67 bits per heavy atom. The zero-order valence-corrected chi connectivity index (χ0v) is 17.4. The number of nitriles is 1. The first-order valence-corrected chi connectivity index (χ1v) is 10.3. The molecule has 0 unspecified atom stereocenters. The van der Waals surface area contributed by atoms with Gasteiger partial charge in [0.2, 0.25) is 5.89 Å². The molecule has 0 bridgehead atoms. The highest BCUT2D eigenvalue weighted by Crippen LogP contribution is 2.40.